The van der Waals surface area contributed by atoms with Crippen molar-refractivity contribution in [1.82, 2.24) is 15.0 Å². The molecular weight excluding hydrogens is 236 g/mol. The van der Waals surface area contributed by atoms with Gasteiger partial charge in [0.15, 0.2) is 5.65 Å². The summed E-state index contributed by atoms with van der Waals surface area (Å²) in [5, 5.41) is 2.36. The predicted octanol–water partition coefficient (Wildman–Crippen LogP) is 2.72. The summed E-state index contributed by atoms with van der Waals surface area (Å²) in [7, 11) is 0. The number of aromatic nitrogens is 3. The molecule has 84 valence electrons. The van der Waals surface area contributed by atoms with Crippen molar-refractivity contribution in [2.45, 2.75) is 6.92 Å². The van der Waals surface area contributed by atoms with Crippen LogP contribution in [0, 0.1) is 6.92 Å². The lowest BCUT2D eigenvalue weighted by Gasteiger charge is -2.04. The first kappa shape index (κ1) is 10.2. The number of aryl methyl sites for hydroxylation is 1. The van der Waals surface area contributed by atoms with Gasteiger partial charge in [-0.05, 0) is 31.2 Å². The van der Waals surface area contributed by atoms with Crippen LogP contribution in [0.2, 0.25) is 5.02 Å². The second-order valence-corrected chi connectivity index (χ2v) is 4.29. The molecule has 3 aromatic rings. The molecule has 4 nitrogen and oxygen atoms in total. The van der Waals surface area contributed by atoms with E-state index in [0.717, 1.165) is 16.3 Å². The van der Waals surface area contributed by atoms with Gasteiger partial charge in [-0.25, -0.2) is 15.0 Å². The minimum Gasteiger partial charge on any atom is -0.383 e. The molecule has 0 aliphatic rings. The molecule has 0 aliphatic heterocycles. The molecule has 1 aromatic carbocycles. The first-order valence-electron chi connectivity index (χ1n) is 5.13. The van der Waals surface area contributed by atoms with Gasteiger partial charge < -0.3 is 5.73 Å². The van der Waals surface area contributed by atoms with Crippen molar-refractivity contribution >= 4 is 39.4 Å². The van der Waals surface area contributed by atoms with E-state index in [4.69, 9.17) is 17.3 Å². The van der Waals surface area contributed by atoms with Gasteiger partial charge in [0.25, 0.3) is 0 Å². The van der Waals surface area contributed by atoms with Crippen LogP contribution in [0.4, 0.5) is 5.82 Å². The highest BCUT2D eigenvalue weighted by atomic mass is 35.5. The lowest BCUT2D eigenvalue weighted by atomic mass is 10.2. The Morgan fingerprint density at radius 3 is 2.76 bits per heavy atom. The van der Waals surface area contributed by atoms with E-state index in [2.05, 4.69) is 15.0 Å². The number of halogens is 1. The lowest BCUT2D eigenvalue weighted by Crippen LogP contribution is -1.98. The van der Waals surface area contributed by atoms with E-state index in [1.807, 2.05) is 18.2 Å². The first-order valence-corrected chi connectivity index (χ1v) is 5.51. The number of fused-ring (bicyclic) bond motifs is 2. The fourth-order valence-electron chi connectivity index (χ4n) is 1.82. The SMILES string of the molecule is Cc1nc(N)c2cc3cc(Cl)ccc3nc2n1. The van der Waals surface area contributed by atoms with Crippen molar-refractivity contribution in [2.24, 2.45) is 0 Å². The standard InChI is InChI=1S/C12H9ClN4/c1-6-15-11(14)9-5-7-4-8(13)2-3-10(7)17-12(9)16-6/h2-5H,1H3,(H2,14,15,16,17). The smallest absolute Gasteiger partial charge is 0.165 e. The molecule has 5 heteroatoms. The van der Waals surface area contributed by atoms with Crippen LogP contribution in [0.5, 0.6) is 0 Å². The Morgan fingerprint density at radius 1 is 1.12 bits per heavy atom. The Bertz CT molecular complexity index is 739. The molecule has 0 spiro atoms. The summed E-state index contributed by atoms with van der Waals surface area (Å²) < 4.78 is 0. The quantitative estimate of drug-likeness (QED) is 0.618. The van der Waals surface area contributed by atoms with E-state index in [9.17, 15) is 0 Å². The van der Waals surface area contributed by atoms with E-state index < -0.39 is 0 Å². The van der Waals surface area contributed by atoms with Crippen molar-refractivity contribution in [1.29, 1.82) is 0 Å². The molecule has 17 heavy (non-hydrogen) atoms. The lowest BCUT2D eigenvalue weighted by molar-refractivity contribution is 1.08. The van der Waals surface area contributed by atoms with E-state index >= 15 is 0 Å². The summed E-state index contributed by atoms with van der Waals surface area (Å²) >= 11 is 5.94. The van der Waals surface area contributed by atoms with E-state index in [1.54, 1.807) is 13.0 Å². The molecule has 0 fully saturated rings. The van der Waals surface area contributed by atoms with E-state index in [-0.39, 0.29) is 0 Å². The van der Waals surface area contributed by atoms with Gasteiger partial charge in [-0.2, -0.15) is 0 Å². The molecule has 2 N–H and O–H groups in total. The predicted molar refractivity (Wildman–Crippen MR) is 69.0 cm³/mol. The Hall–Kier alpha value is -1.94. The maximum absolute atomic E-state index is 5.94. The number of nitrogen functional groups attached to an aromatic ring is 1. The monoisotopic (exact) mass is 244 g/mol. The fraction of sp³-hybridized carbons (Fsp3) is 0.0833. The molecule has 0 atom stereocenters. The van der Waals surface area contributed by atoms with E-state index in [0.29, 0.717) is 22.3 Å². The van der Waals surface area contributed by atoms with Crippen LogP contribution in [0.1, 0.15) is 5.82 Å². The van der Waals surface area contributed by atoms with Crippen molar-refractivity contribution in [3.63, 3.8) is 0 Å². The third-order valence-electron chi connectivity index (χ3n) is 2.58. The number of nitrogens with zero attached hydrogens (tertiary/aromatic N) is 3. The number of benzene rings is 1. The average molecular weight is 245 g/mol. The Morgan fingerprint density at radius 2 is 1.94 bits per heavy atom. The number of hydrogen-bond acceptors (Lipinski definition) is 4. The second-order valence-electron chi connectivity index (χ2n) is 3.85. The molecule has 3 rings (SSSR count). The first-order chi connectivity index (χ1) is 8.13. The minimum absolute atomic E-state index is 0.446. The zero-order chi connectivity index (χ0) is 12.0. The molecule has 0 bridgehead atoms. The third-order valence-corrected chi connectivity index (χ3v) is 2.82. The third kappa shape index (κ3) is 1.66. The zero-order valence-electron chi connectivity index (χ0n) is 9.11. The summed E-state index contributed by atoms with van der Waals surface area (Å²) in [6.07, 6.45) is 0. The number of hydrogen-bond donors (Lipinski definition) is 1. The zero-order valence-corrected chi connectivity index (χ0v) is 9.86. The van der Waals surface area contributed by atoms with Gasteiger partial charge in [-0.1, -0.05) is 11.6 Å². The van der Waals surface area contributed by atoms with Gasteiger partial charge in [0, 0.05) is 10.4 Å². The molecule has 0 aliphatic carbocycles. The molecule has 0 saturated carbocycles. The minimum atomic E-state index is 0.446. The fourth-order valence-corrected chi connectivity index (χ4v) is 2.00. The maximum Gasteiger partial charge on any atom is 0.165 e. The van der Waals surface area contributed by atoms with Crippen molar-refractivity contribution in [3.05, 3.63) is 35.1 Å². The molecule has 0 amide bonds. The molecule has 2 heterocycles. The summed E-state index contributed by atoms with van der Waals surface area (Å²) in [5.74, 6) is 1.07. The van der Waals surface area contributed by atoms with Gasteiger partial charge in [0.2, 0.25) is 0 Å². The molecule has 0 unspecified atom stereocenters. The van der Waals surface area contributed by atoms with Gasteiger partial charge >= 0.3 is 0 Å². The largest absolute Gasteiger partial charge is 0.383 e. The Balaban J connectivity index is 2.48. The van der Waals surface area contributed by atoms with E-state index in [1.165, 1.54) is 0 Å². The number of pyridine rings is 1. The highest BCUT2D eigenvalue weighted by Gasteiger charge is 2.06. The highest BCUT2D eigenvalue weighted by Crippen LogP contribution is 2.24. The number of rotatable bonds is 0. The van der Waals surface area contributed by atoms with Gasteiger partial charge in [0.05, 0.1) is 10.9 Å². The molecule has 2 aromatic heterocycles. The summed E-state index contributed by atoms with van der Waals surface area (Å²) in [4.78, 5) is 12.8. The summed E-state index contributed by atoms with van der Waals surface area (Å²) in [6, 6.07) is 7.44. The molecule has 0 saturated heterocycles. The highest BCUT2D eigenvalue weighted by molar-refractivity contribution is 6.31. The van der Waals surface area contributed by atoms with Gasteiger partial charge in [-0.3, -0.25) is 0 Å². The van der Waals surface area contributed by atoms with Crippen LogP contribution in [0.3, 0.4) is 0 Å². The van der Waals surface area contributed by atoms with Gasteiger partial charge in [-0.15, -0.1) is 0 Å². The van der Waals surface area contributed by atoms with Crippen molar-refractivity contribution < 1.29 is 0 Å². The Labute approximate surface area is 102 Å². The Kier molecular flexibility index (Phi) is 2.12. The second kappa shape index (κ2) is 3.53. The summed E-state index contributed by atoms with van der Waals surface area (Å²) in [5.41, 5.74) is 7.32. The molecule has 0 radical (unpaired) electrons. The summed E-state index contributed by atoms with van der Waals surface area (Å²) in [6.45, 7) is 1.80. The van der Waals surface area contributed by atoms with Crippen LogP contribution in [0.15, 0.2) is 24.3 Å². The average Bonchev–Trinajstić information content (AvgIpc) is 2.27. The molecular formula is C12H9ClN4. The maximum atomic E-state index is 5.94. The normalized spacial score (nSPS) is 11.2. The number of nitrogens with two attached hydrogens (primary N) is 1. The van der Waals surface area contributed by atoms with Crippen LogP contribution in [0.25, 0.3) is 21.9 Å². The van der Waals surface area contributed by atoms with Crippen LogP contribution < -0.4 is 5.73 Å². The van der Waals surface area contributed by atoms with Crippen LogP contribution >= 0.6 is 11.6 Å². The topological polar surface area (TPSA) is 64.7 Å². The number of anilines is 1. The van der Waals surface area contributed by atoms with Gasteiger partial charge in [0.1, 0.15) is 11.6 Å². The van der Waals surface area contributed by atoms with Crippen LogP contribution in [-0.2, 0) is 0 Å². The van der Waals surface area contributed by atoms with Crippen molar-refractivity contribution in [2.75, 3.05) is 5.73 Å². The van der Waals surface area contributed by atoms with Crippen molar-refractivity contribution in [3.8, 4) is 0 Å². The van der Waals surface area contributed by atoms with Crippen LogP contribution in [-0.4, -0.2) is 15.0 Å².